The molecular formula is C13H17N3O3. The maximum atomic E-state index is 12.2. The lowest BCUT2D eigenvalue weighted by atomic mass is 10.1. The third-order valence-electron chi connectivity index (χ3n) is 3.33. The molecule has 0 unspecified atom stereocenters. The van der Waals surface area contributed by atoms with E-state index in [1.807, 2.05) is 13.8 Å². The van der Waals surface area contributed by atoms with Crippen LogP contribution in [0.15, 0.2) is 12.1 Å². The predicted octanol–water partition coefficient (Wildman–Crippen LogP) is 2.02. The molecule has 0 atom stereocenters. The molecule has 0 saturated carbocycles. The van der Waals surface area contributed by atoms with E-state index in [2.05, 4.69) is 0 Å². The fourth-order valence-electron chi connectivity index (χ4n) is 2.28. The minimum Gasteiger partial charge on any atom is -0.372 e. The van der Waals surface area contributed by atoms with E-state index >= 15 is 0 Å². The third kappa shape index (κ3) is 2.14. The van der Waals surface area contributed by atoms with E-state index in [9.17, 15) is 14.9 Å². The molecule has 0 spiro atoms. The number of nitro groups is 1. The fourth-order valence-corrected chi connectivity index (χ4v) is 2.28. The van der Waals surface area contributed by atoms with E-state index < -0.39 is 4.92 Å². The van der Waals surface area contributed by atoms with Crippen LogP contribution in [0.4, 0.5) is 11.4 Å². The number of carbonyl (C=O) groups is 1. The van der Waals surface area contributed by atoms with Crippen LogP contribution in [0.3, 0.4) is 0 Å². The van der Waals surface area contributed by atoms with Crippen molar-refractivity contribution in [2.24, 2.45) is 0 Å². The fraction of sp³-hybridized carbons (Fsp3) is 0.462. The average molecular weight is 263 g/mol. The van der Waals surface area contributed by atoms with Crippen LogP contribution in [-0.2, 0) is 6.54 Å². The lowest BCUT2D eigenvalue weighted by Crippen LogP contribution is -2.30. The molecule has 0 aromatic heterocycles. The second-order valence-corrected chi connectivity index (χ2v) is 5.18. The number of hydrogen-bond donors (Lipinski definition) is 0. The Bertz CT molecular complexity index is 552. The van der Waals surface area contributed by atoms with Crippen LogP contribution in [0.25, 0.3) is 0 Å². The van der Waals surface area contributed by atoms with Crippen LogP contribution in [0.2, 0.25) is 0 Å². The predicted molar refractivity (Wildman–Crippen MR) is 72.4 cm³/mol. The van der Waals surface area contributed by atoms with Crippen LogP contribution >= 0.6 is 0 Å². The second-order valence-electron chi connectivity index (χ2n) is 5.18. The van der Waals surface area contributed by atoms with Crippen molar-refractivity contribution < 1.29 is 9.72 Å². The summed E-state index contributed by atoms with van der Waals surface area (Å²) in [5.41, 5.74) is 1.81. The van der Waals surface area contributed by atoms with Gasteiger partial charge in [0.2, 0.25) is 0 Å². The second kappa shape index (κ2) is 4.53. The summed E-state index contributed by atoms with van der Waals surface area (Å²) >= 11 is 0. The molecule has 1 aromatic rings. The highest BCUT2D eigenvalue weighted by Gasteiger charge is 2.32. The Hall–Kier alpha value is -2.11. The van der Waals surface area contributed by atoms with Crippen LogP contribution in [0, 0.1) is 10.1 Å². The molecule has 19 heavy (non-hydrogen) atoms. The van der Waals surface area contributed by atoms with Crippen molar-refractivity contribution in [1.29, 1.82) is 0 Å². The lowest BCUT2D eigenvalue weighted by Gasteiger charge is -2.19. The number of rotatable bonds is 3. The first-order chi connectivity index (χ1) is 8.82. The van der Waals surface area contributed by atoms with E-state index in [0.29, 0.717) is 17.8 Å². The van der Waals surface area contributed by atoms with Gasteiger partial charge in [-0.1, -0.05) is 0 Å². The molecule has 0 bridgehead atoms. The summed E-state index contributed by atoms with van der Waals surface area (Å²) in [6, 6.07) is 3.23. The van der Waals surface area contributed by atoms with Crippen molar-refractivity contribution in [3.05, 3.63) is 33.4 Å². The summed E-state index contributed by atoms with van der Waals surface area (Å²) in [6.07, 6.45) is 0. The van der Waals surface area contributed by atoms with Crippen LogP contribution in [-0.4, -0.2) is 35.9 Å². The zero-order valence-corrected chi connectivity index (χ0v) is 11.5. The Balaban J connectivity index is 2.55. The molecule has 2 rings (SSSR count). The van der Waals surface area contributed by atoms with E-state index in [4.69, 9.17) is 0 Å². The van der Waals surface area contributed by atoms with Gasteiger partial charge in [-0.05, 0) is 25.5 Å². The molecule has 102 valence electrons. The van der Waals surface area contributed by atoms with Crippen molar-refractivity contribution in [3.8, 4) is 0 Å². The Kier molecular flexibility index (Phi) is 3.18. The van der Waals surface area contributed by atoms with Crippen LogP contribution in [0.1, 0.15) is 29.8 Å². The average Bonchev–Trinajstić information content (AvgIpc) is 2.65. The first-order valence-corrected chi connectivity index (χ1v) is 6.12. The van der Waals surface area contributed by atoms with Gasteiger partial charge in [-0.3, -0.25) is 14.9 Å². The number of carbonyl (C=O) groups excluding carboxylic acids is 1. The molecule has 6 nitrogen and oxygen atoms in total. The summed E-state index contributed by atoms with van der Waals surface area (Å²) in [5.74, 6) is -0.0528. The molecule has 1 amide bonds. The zero-order chi connectivity index (χ0) is 14.3. The van der Waals surface area contributed by atoms with Gasteiger partial charge >= 0.3 is 0 Å². The highest BCUT2D eigenvalue weighted by atomic mass is 16.6. The standard InChI is InChI=1S/C13H17N3O3/c1-8(2)15-7-9-5-12(16(18)19)11(14(3)4)6-10(9)13(15)17/h5-6,8H,7H2,1-4H3. The molecule has 0 aliphatic carbocycles. The van der Waals surface area contributed by atoms with E-state index in [1.165, 1.54) is 6.07 Å². The van der Waals surface area contributed by atoms with Gasteiger partial charge in [-0.2, -0.15) is 0 Å². The van der Waals surface area contributed by atoms with E-state index in [1.54, 1.807) is 30.0 Å². The maximum Gasteiger partial charge on any atom is 0.292 e. The quantitative estimate of drug-likeness (QED) is 0.618. The number of benzene rings is 1. The van der Waals surface area contributed by atoms with Gasteiger partial charge in [0.1, 0.15) is 5.69 Å². The van der Waals surface area contributed by atoms with Gasteiger partial charge in [-0.25, -0.2) is 0 Å². The molecule has 0 N–H and O–H groups in total. The summed E-state index contributed by atoms with van der Waals surface area (Å²) in [5, 5.41) is 11.1. The molecule has 0 fully saturated rings. The molecule has 0 saturated heterocycles. The lowest BCUT2D eigenvalue weighted by molar-refractivity contribution is -0.384. The first-order valence-electron chi connectivity index (χ1n) is 6.12. The highest BCUT2D eigenvalue weighted by molar-refractivity contribution is 6.00. The number of fused-ring (bicyclic) bond motifs is 1. The Morgan fingerprint density at radius 3 is 2.47 bits per heavy atom. The normalized spacial score (nSPS) is 13.9. The van der Waals surface area contributed by atoms with E-state index in [0.717, 1.165) is 5.56 Å². The van der Waals surface area contributed by atoms with Gasteiger partial charge in [0, 0.05) is 38.3 Å². The van der Waals surface area contributed by atoms with Gasteiger partial charge in [0.25, 0.3) is 11.6 Å². The Morgan fingerprint density at radius 2 is 2.00 bits per heavy atom. The monoisotopic (exact) mass is 263 g/mol. The molecule has 6 heteroatoms. The van der Waals surface area contributed by atoms with Crippen LogP contribution in [0.5, 0.6) is 0 Å². The van der Waals surface area contributed by atoms with Gasteiger partial charge < -0.3 is 9.80 Å². The van der Waals surface area contributed by atoms with Crippen molar-refractivity contribution >= 4 is 17.3 Å². The molecule has 0 radical (unpaired) electrons. The minimum absolute atomic E-state index is 0.0437. The Morgan fingerprint density at radius 1 is 1.37 bits per heavy atom. The first kappa shape index (κ1) is 13.3. The topological polar surface area (TPSA) is 66.7 Å². The molecule has 1 heterocycles. The summed E-state index contributed by atoms with van der Waals surface area (Å²) < 4.78 is 0. The maximum absolute atomic E-state index is 12.2. The van der Waals surface area contributed by atoms with Gasteiger partial charge in [0.15, 0.2) is 0 Å². The van der Waals surface area contributed by atoms with Crippen molar-refractivity contribution in [2.75, 3.05) is 19.0 Å². The smallest absolute Gasteiger partial charge is 0.292 e. The van der Waals surface area contributed by atoms with Crippen molar-refractivity contribution in [2.45, 2.75) is 26.4 Å². The third-order valence-corrected chi connectivity index (χ3v) is 3.33. The zero-order valence-electron chi connectivity index (χ0n) is 11.5. The van der Waals surface area contributed by atoms with Gasteiger partial charge in [0.05, 0.1) is 4.92 Å². The largest absolute Gasteiger partial charge is 0.372 e. The molecule has 1 aromatic carbocycles. The van der Waals surface area contributed by atoms with Crippen LogP contribution < -0.4 is 4.90 Å². The summed E-state index contributed by atoms with van der Waals surface area (Å²) in [7, 11) is 3.46. The molecule has 1 aliphatic heterocycles. The number of hydrogen-bond acceptors (Lipinski definition) is 4. The summed E-state index contributed by atoms with van der Waals surface area (Å²) in [6.45, 7) is 4.32. The number of nitrogens with zero attached hydrogens (tertiary/aromatic N) is 3. The molecule has 1 aliphatic rings. The number of anilines is 1. The summed E-state index contributed by atoms with van der Waals surface area (Å²) in [4.78, 5) is 26.3. The Labute approximate surface area is 111 Å². The van der Waals surface area contributed by atoms with E-state index in [-0.39, 0.29) is 17.6 Å². The number of amides is 1. The molecular weight excluding hydrogens is 246 g/mol. The minimum atomic E-state index is -0.405. The van der Waals surface area contributed by atoms with Crippen molar-refractivity contribution in [3.63, 3.8) is 0 Å². The highest BCUT2D eigenvalue weighted by Crippen LogP contribution is 2.35. The van der Waals surface area contributed by atoms with Gasteiger partial charge in [-0.15, -0.1) is 0 Å². The van der Waals surface area contributed by atoms with Crippen molar-refractivity contribution in [1.82, 2.24) is 4.90 Å². The number of nitro benzene ring substituents is 1. The SMILES string of the molecule is CC(C)N1Cc2cc([N+](=O)[O-])c(N(C)C)cc2C1=O.